The van der Waals surface area contributed by atoms with Gasteiger partial charge in [0.2, 0.25) is 11.8 Å². The molecule has 0 aliphatic carbocycles. The highest BCUT2D eigenvalue weighted by molar-refractivity contribution is 5.98. The molecule has 0 radical (unpaired) electrons. The summed E-state index contributed by atoms with van der Waals surface area (Å²) in [6, 6.07) is 14.7. The molecule has 1 heterocycles. The van der Waals surface area contributed by atoms with Crippen LogP contribution >= 0.6 is 0 Å². The minimum Gasteiger partial charge on any atom is -0.497 e. The highest BCUT2D eigenvalue weighted by Gasteiger charge is 2.24. The third kappa shape index (κ3) is 4.76. The van der Waals surface area contributed by atoms with Crippen molar-refractivity contribution >= 4 is 23.3 Å². The first-order chi connectivity index (χ1) is 13.6. The number of carbonyl (C=O) groups is 3. The number of rotatable bonds is 8. The van der Waals surface area contributed by atoms with E-state index in [2.05, 4.69) is 5.32 Å². The SMILES string of the molecule is COc1ccc(C(=O)CCCC(=O)NCC(=O)N2CCc3ccccc32)cc1. The van der Waals surface area contributed by atoms with Crippen LogP contribution in [0.5, 0.6) is 5.75 Å². The zero-order valence-corrected chi connectivity index (χ0v) is 15.9. The Hall–Kier alpha value is -3.15. The molecular weight excluding hydrogens is 356 g/mol. The molecule has 0 saturated carbocycles. The van der Waals surface area contributed by atoms with Crippen LogP contribution in [0.2, 0.25) is 0 Å². The van der Waals surface area contributed by atoms with E-state index in [1.165, 1.54) is 0 Å². The lowest BCUT2D eigenvalue weighted by Gasteiger charge is -2.17. The van der Waals surface area contributed by atoms with Crippen molar-refractivity contribution in [1.29, 1.82) is 0 Å². The Bertz CT molecular complexity index is 861. The molecule has 2 aromatic carbocycles. The Balaban J connectivity index is 1.39. The Morgan fingerprint density at radius 2 is 1.79 bits per heavy atom. The highest BCUT2D eigenvalue weighted by atomic mass is 16.5. The molecule has 1 aliphatic rings. The number of fused-ring (bicyclic) bond motifs is 1. The smallest absolute Gasteiger partial charge is 0.246 e. The Kier molecular flexibility index (Phi) is 6.42. The summed E-state index contributed by atoms with van der Waals surface area (Å²) in [5.41, 5.74) is 2.68. The number of amides is 2. The molecule has 2 amide bonds. The van der Waals surface area contributed by atoms with Gasteiger partial charge in [0.1, 0.15) is 5.75 Å². The number of hydrogen-bond donors (Lipinski definition) is 1. The number of carbonyl (C=O) groups excluding carboxylic acids is 3. The van der Waals surface area contributed by atoms with Gasteiger partial charge in [0.25, 0.3) is 0 Å². The molecular formula is C22H24N2O4. The maximum absolute atomic E-state index is 12.4. The van der Waals surface area contributed by atoms with Gasteiger partial charge in [-0.25, -0.2) is 0 Å². The van der Waals surface area contributed by atoms with E-state index in [0.29, 0.717) is 24.3 Å². The predicted molar refractivity (Wildman–Crippen MR) is 107 cm³/mol. The van der Waals surface area contributed by atoms with Gasteiger partial charge in [-0.2, -0.15) is 0 Å². The number of methoxy groups -OCH3 is 1. The average molecular weight is 380 g/mol. The summed E-state index contributed by atoms with van der Waals surface area (Å²) in [4.78, 5) is 38.2. The van der Waals surface area contributed by atoms with E-state index in [-0.39, 0.29) is 37.0 Å². The van der Waals surface area contributed by atoms with Crippen molar-refractivity contribution in [1.82, 2.24) is 5.32 Å². The second-order valence-electron chi connectivity index (χ2n) is 6.71. The topological polar surface area (TPSA) is 75.7 Å². The molecule has 1 aliphatic heterocycles. The molecule has 6 nitrogen and oxygen atoms in total. The number of nitrogens with one attached hydrogen (secondary N) is 1. The lowest BCUT2D eigenvalue weighted by atomic mass is 10.1. The van der Waals surface area contributed by atoms with Crippen molar-refractivity contribution in [3.63, 3.8) is 0 Å². The first kappa shape index (κ1) is 19.6. The van der Waals surface area contributed by atoms with Crippen LogP contribution in [0.25, 0.3) is 0 Å². The summed E-state index contributed by atoms with van der Waals surface area (Å²) in [6.45, 7) is 0.615. The third-order valence-electron chi connectivity index (χ3n) is 4.84. The Morgan fingerprint density at radius 1 is 1.04 bits per heavy atom. The first-order valence-corrected chi connectivity index (χ1v) is 9.40. The molecule has 146 valence electrons. The number of para-hydroxylation sites is 1. The van der Waals surface area contributed by atoms with Crippen molar-refractivity contribution in [2.45, 2.75) is 25.7 Å². The fraction of sp³-hybridized carbons (Fsp3) is 0.318. The van der Waals surface area contributed by atoms with Gasteiger partial charge in [0, 0.05) is 30.6 Å². The number of Topliss-reactive ketones (excluding diaryl/α,β-unsaturated/α-hetero) is 1. The van der Waals surface area contributed by atoms with Gasteiger partial charge in [0.15, 0.2) is 5.78 Å². The molecule has 0 aromatic heterocycles. The molecule has 0 spiro atoms. The normalized spacial score (nSPS) is 12.4. The van der Waals surface area contributed by atoms with E-state index in [4.69, 9.17) is 4.74 Å². The molecule has 0 fully saturated rings. The second-order valence-corrected chi connectivity index (χ2v) is 6.71. The maximum atomic E-state index is 12.4. The number of nitrogens with zero attached hydrogens (tertiary/aromatic N) is 1. The number of anilines is 1. The van der Waals surface area contributed by atoms with Gasteiger partial charge in [-0.3, -0.25) is 14.4 Å². The summed E-state index contributed by atoms with van der Waals surface area (Å²) in [7, 11) is 1.57. The molecule has 1 N–H and O–H groups in total. The Morgan fingerprint density at radius 3 is 2.54 bits per heavy atom. The number of ketones is 1. The van der Waals surface area contributed by atoms with Crippen LogP contribution in [0.15, 0.2) is 48.5 Å². The van der Waals surface area contributed by atoms with E-state index < -0.39 is 0 Å². The van der Waals surface area contributed by atoms with Crippen molar-refractivity contribution in [2.24, 2.45) is 0 Å². The van der Waals surface area contributed by atoms with Crippen molar-refractivity contribution in [3.8, 4) is 5.75 Å². The van der Waals surface area contributed by atoms with E-state index in [9.17, 15) is 14.4 Å². The maximum Gasteiger partial charge on any atom is 0.246 e. The fourth-order valence-electron chi connectivity index (χ4n) is 3.29. The minimum atomic E-state index is -0.219. The van der Waals surface area contributed by atoms with Gasteiger partial charge in [-0.15, -0.1) is 0 Å². The van der Waals surface area contributed by atoms with Crippen LogP contribution < -0.4 is 15.0 Å². The minimum absolute atomic E-state index is 0.0137. The summed E-state index contributed by atoms with van der Waals surface area (Å²) in [6.07, 6.45) is 1.78. The fourth-order valence-corrected chi connectivity index (χ4v) is 3.29. The predicted octanol–water partition coefficient (Wildman–Crippen LogP) is 2.75. The third-order valence-corrected chi connectivity index (χ3v) is 4.84. The summed E-state index contributed by atoms with van der Waals surface area (Å²) in [5.74, 6) is 0.345. The van der Waals surface area contributed by atoms with Crippen LogP contribution in [0.4, 0.5) is 5.69 Å². The zero-order valence-electron chi connectivity index (χ0n) is 15.9. The molecule has 0 atom stereocenters. The zero-order chi connectivity index (χ0) is 19.9. The largest absolute Gasteiger partial charge is 0.497 e. The van der Waals surface area contributed by atoms with Crippen LogP contribution in [-0.4, -0.2) is 37.8 Å². The number of hydrogen-bond acceptors (Lipinski definition) is 4. The van der Waals surface area contributed by atoms with E-state index in [1.54, 1.807) is 36.3 Å². The van der Waals surface area contributed by atoms with Gasteiger partial charge in [-0.1, -0.05) is 18.2 Å². The van der Waals surface area contributed by atoms with Crippen LogP contribution in [0.3, 0.4) is 0 Å². The monoisotopic (exact) mass is 380 g/mol. The molecule has 0 saturated heterocycles. The van der Waals surface area contributed by atoms with Gasteiger partial charge >= 0.3 is 0 Å². The summed E-state index contributed by atoms with van der Waals surface area (Å²) in [5, 5.41) is 2.66. The van der Waals surface area contributed by atoms with Gasteiger partial charge in [-0.05, 0) is 48.7 Å². The molecule has 3 rings (SSSR count). The molecule has 0 unspecified atom stereocenters. The van der Waals surface area contributed by atoms with Gasteiger partial charge in [0.05, 0.1) is 13.7 Å². The quantitative estimate of drug-likeness (QED) is 0.715. The molecule has 2 aromatic rings. The van der Waals surface area contributed by atoms with Crippen molar-refractivity contribution < 1.29 is 19.1 Å². The number of ether oxygens (including phenoxy) is 1. The Labute approximate surface area is 164 Å². The second kappa shape index (κ2) is 9.17. The summed E-state index contributed by atoms with van der Waals surface area (Å²) >= 11 is 0. The van der Waals surface area contributed by atoms with E-state index in [0.717, 1.165) is 17.7 Å². The lowest BCUT2D eigenvalue weighted by molar-refractivity contribution is -0.125. The van der Waals surface area contributed by atoms with Gasteiger partial charge < -0.3 is 15.0 Å². The highest BCUT2D eigenvalue weighted by Crippen LogP contribution is 2.27. The lowest BCUT2D eigenvalue weighted by Crippen LogP contribution is -2.39. The molecule has 0 bridgehead atoms. The van der Waals surface area contributed by atoms with Crippen LogP contribution in [0.1, 0.15) is 35.2 Å². The molecule has 28 heavy (non-hydrogen) atoms. The summed E-state index contributed by atoms with van der Waals surface area (Å²) < 4.78 is 5.07. The van der Waals surface area contributed by atoms with Crippen LogP contribution in [0, 0.1) is 0 Å². The van der Waals surface area contributed by atoms with Crippen molar-refractivity contribution in [3.05, 3.63) is 59.7 Å². The molecule has 6 heteroatoms. The standard InChI is InChI=1S/C22H24N2O4/c1-28-18-11-9-17(10-12-18)20(25)7-4-8-21(26)23-15-22(27)24-14-13-16-5-2-3-6-19(16)24/h2-3,5-6,9-12H,4,7-8,13-15H2,1H3,(H,23,26). The van der Waals surface area contributed by atoms with E-state index >= 15 is 0 Å². The first-order valence-electron chi connectivity index (χ1n) is 9.40. The van der Waals surface area contributed by atoms with Crippen LogP contribution in [-0.2, 0) is 16.0 Å². The number of benzene rings is 2. The average Bonchev–Trinajstić information content (AvgIpc) is 3.16. The van der Waals surface area contributed by atoms with Crippen molar-refractivity contribution in [2.75, 3.05) is 25.1 Å². The van der Waals surface area contributed by atoms with E-state index in [1.807, 2.05) is 24.3 Å².